The number of hydrogen-bond donors (Lipinski definition) is 0. The molecular formula is C35H21NO2. The van der Waals surface area contributed by atoms with Crippen molar-refractivity contribution >= 4 is 43.9 Å². The second-order valence-electron chi connectivity index (χ2n) is 9.63. The third kappa shape index (κ3) is 3.33. The van der Waals surface area contributed by atoms with Crippen molar-refractivity contribution in [3.8, 4) is 33.5 Å². The van der Waals surface area contributed by atoms with E-state index in [1.54, 1.807) is 0 Å². The van der Waals surface area contributed by atoms with E-state index in [0.29, 0.717) is 0 Å². The summed E-state index contributed by atoms with van der Waals surface area (Å²) in [6.07, 6.45) is 1.83. The Morgan fingerprint density at radius 1 is 0.368 bits per heavy atom. The van der Waals surface area contributed by atoms with Crippen LogP contribution in [0, 0.1) is 0 Å². The van der Waals surface area contributed by atoms with E-state index in [0.717, 1.165) is 66.3 Å². The number of pyridine rings is 1. The molecule has 3 heteroatoms. The Morgan fingerprint density at radius 2 is 0.974 bits per heavy atom. The number of nitrogens with zero attached hydrogens (tertiary/aromatic N) is 1. The molecule has 0 bridgehead atoms. The molecule has 0 spiro atoms. The standard InChI is InChI=1S/C35H21NO2/c1-2-13-32-27(11-1)29-20-30-28-19-25(14-15-33(28)38-35(30)21-34(29)37-32)23-8-5-7-22(17-23)24-9-6-10-26(18-24)31-12-3-4-16-36-31/h1-21H. The normalized spacial score (nSPS) is 11.7. The highest BCUT2D eigenvalue weighted by molar-refractivity contribution is 6.15. The van der Waals surface area contributed by atoms with Gasteiger partial charge in [0.1, 0.15) is 22.3 Å². The predicted molar refractivity (Wildman–Crippen MR) is 155 cm³/mol. The van der Waals surface area contributed by atoms with Gasteiger partial charge in [0.05, 0.1) is 5.69 Å². The maximum Gasteiger partial charge on any atom is 0.139 e. The summed E-state index contributed by atoms with van der Waals surface area (Å²) in [5.74, 6) is 0. The Kier molecular flexibility index (Phi) is 4.52. The minimum Gasteiger partial charge on any atom is -0.456 e. The number of furan rings is 2. The highest BCUT2D eigenvalue weighted by Crippen LogP contribution is 2.38. The Balaban J connectivity index is 1.24. The lowest BCUT2D eigenvalue weighted by Crippen LogP contribution is -1.85. The molecule has 0 aliphatic heterocycles. The predicted octanol–water partition coefficient (Wildman–Crippen LogP) is 9.88. The summed E-state index contributed by atoms with van der Waals surface area (Å²) in [5, 5.41) is 4.43. The van der Waals surface area contributed by atoms with Crippen LogP contribution in [0.15, 0.2) is 136 Å². The van der Waals surface area contributed by atoms with Gasteiger partial charge in [-0.1, -0.05) is 66.7 Å². The van der Waals surface area contributed by atoms with Crippen molar-refractivity contribution in [1.29, 1.82) is 0 Å². The van der Waals surface area contributed by atoms with Gasteiger partial charge >= 0.3 is 0 Å². The van der Waals surface area contributed by atoms with Crippen LogP contribution < -0.4 is 0 Å². The molecule has 5 aromatic carbocycles. The van der Waals surface area contributed by atoms with E-state index in [1.165, 1.54) is 11.1 Å². The van der Waals surface area contributed by atoms with E-state index in [9.17, 15) is 0 Å². The van der Waals surface area contributed by atoms with Crippen LogP contribution >= 0.6 is 0 Å². The number of fused-ring (bicyclic) bond motifs is 6. The Hall–Kier alpha value is -5.15. The van der Waals surface area contributed by atoms with Crippen molar-refractivity contribution in [1.82, 2.24) is 4.98 Å². The second-order valence-corrected chi connectivity index (χ2v) is 9.63. The zero-order chi connectivity index (χ0) is 25.1. The Bertz CT molecular complexity index is 2130. The molecule has 8 aromatic rings. The largest absolute Gasteiger partial charge is 0.456 e. The van der Waals surface area contributed by atoms with E-state index < -0.39 is 0 Å². The molecule has 3 heterocycles. The fourth-order valence-corrected chi connectivity index (χ4v) is 5.45. The molecule has 0 aliphatic rings. The average molecular weight is 488 g/mol. The van der Waals surface area contributed by atoms with Gasteiger partial charge < -0.3 is 8.83 Å². The Morgan fingerprint density at radius 3 is 1.74 bits per heavy atom. The van der Waals surface area contributed by atoms with Crippen LogP contribution in [0.3, 0.4) is 0 Å². The van der Waals surface area contributed by atoms with Gasteiger partial charge in [-0.3, -0.25) is 4.98 Å². The summed E-state index contributed by atoms with van der Waals surface area (Å²) < 4.78 is 12.3. The third-order valence-electron chi connectivity index (χ3n) is 7.32. The molecule has 0 aliphatic carbocycles. The van der Waals surface area contributed by atoms with Gasteiger partial charge in [0.2, 0.25) is 0 Å². The molecular weight excluding hydrogens is 466 g/mol. The fourth-order valence-electron chi connectivity index (χ4n) is 5.45. The summed E-state index contributed by atoms with van der Waals surface area (Å²) in [7, 11) is 0. The molecule has 178 valence electrons. The smallest absolute Gasteiger partial charge is 0.139 e. The minimum atomic E-state index is 0.837. The molecule has 0 amide bonds. The zero-order valence-corrected chi connectivity index (χ0v) is 20.4. The Labute approximate surface area is 218 Å². The monoisotopic (exact) mass is 487 g/mol. The zero-order valence-electron chi connectivity index (χ0n) is 20.4. The summed E-state index contributed by atoms with van der Waals surface area (Å²) in [6.45, 7) is 0. The van der Waals surface area contributed by atoms with Gasteiger partial charge in [0.25, 0.3) is 0 Å². The van der Waals surface area contributed by atoms with Crippen LogP contribution in [0.1, 0.15) is 0 Å². The lowest BCUT2D eigenvalue weighted by molar-refractivity contribution is 0.656. The number of aromatic nitrogens is 1. The first-order valence-electron chi connectivity index (χ1n) is 12.7. The summed E-state index contributed by atoms with van der Waals surface area (Å²) in [5.41, 5.74) is 10.2. The molecule has 0 N–H and O–H groups in total. The molecule has 0 saturated heterocycles. The second kappa shape index (κ2) is 8.19. The SMILES string of the molecule is c1ccc(-c2cccc(-c3cccc(-c4ccc5oc6cc7oc8ccccc8c7cc6c5c4)c3)c2)nc1. The number of rotatable bonds is 3. The summed E-state index contributed by atoms with van der Waals surface area (Å²) in [6, 6.07) is 42.1. The van der Waals surface area contributed by atoms with Crippen LogP contribution in [0.25, 0.3) is 77.4 Å². The number of para-hydroxylation sites is 1. The first kappa shape index (κ1) is 21.0. The highest BCUT2D eigenvalue weighted by Gasteiger charge is 2.14. The molecule has 0 unspecified atom stereocenters. The molecule has 0 saturated carbocycles. The first-order chi connectivity index (χ1) is 18.8. The van der Waals surface area contributed by atoms with Crippen LogP contribution in [-0.4, -0.2) is 4.98 Å². The summed E-state index contributed by atoms with van der Waals surface area (Å²) in [4.78, 5) is 4.52. The number of benzene rings is 5. The van der Waals surface area contributed by atoms with Gasteiger partial charge in [-0.15, -0.1) is 0 Å². The van der Waals surface area contributed by atoms with Crippen LogP contribution in [0.4, 0.5) is 0 Å². The van der Waals surface area contributed by atoms with Gasteiger partial charge in [-0.05, 0) is 70.8 Å². The first-order valence-corrected chi connectivity index (χ1v) is 12.7. The lowest BCUT2D eigenvalue weighted by atomic mass is 9.96. The molecule has 38 heavy (non-hydrogen) atoms. The van der Waals surface area contributed by atoms with Crippen molar-refractivity contribution in [2.75, 3.05) is 0 Å². The minimum absolute atomic E-state index is 0.837. The van der Waals surface area contributed by atoms with E-state index in [4.69, 9.17) is 8.83 Å². The molecule has 0 radical (unpaired) electrons. The lowest BCUT2D eigenvalue weighted by Gasteiger charge is -2.08. The van der Waals surface area contributed by atoms with Crippen molar-refractivity contribution in [3.63, 3.8) is 0 Å². The molecule has 3 aromatic heterocycles. The maximum atomic E-state index is 6.23. The van der Waals surface area contributed by atoms with Crippen molar-refractivity contribution in [2.24, 2.45) is 0 Å². The molecule has 0 fully saturated rings. The van der Waals surface area contributed by atoms with Crippen molar-refractivity contribution in [2.45, 2.75) is 0 Å². The van der Waals surface area contributed by atoms with Crippen LogP contribution in [0.5, 0.6) is 0 Å². The van der Waals surface area contributed by atoms with Crippen LogP contribution in [-0.2, 0) is 0 Å². The van der Waals surface area contributed by atoms with Gasteiger partial charge in [-0.2, -0.15) is 0 Å². The van der Waals surface area contributed by atoms with E-state index >= 15 is 0 Å². The topological polar surface area (TPSA) is 39.2 Å². The van der Waals surface area contributed by atoms with E-state index in [2.05, 4.69) is 83.8 Å². The van der Waals surface area contributed by atoms with Crippen molar-refractivity contribution in [3.05, 3.63) is 128 Å². The molecule has 3 nitrogen and oxygen atoms in total. The van der Waals surface area contributed by atoms with Crippen LogP contribution in [0.2, 0.25) is 0 Å². The third-order valence-corrected chi connectivity index (χ3v) is 7.32. The molecule has 0 atom stereocenters. The quantitative estimate of drug-likeness (QED) is 0.249. The van der Waals surface area contributed by atoms with Gasteiger partial charge in [0, 0.05) is 39.4 Å². The fraction of sp³-hybridized carbons (Fsp3) is 0. The van der Waals surface area contributed by atoms with E-state index in [-0.39, 0.29) is 0 Å². The summed E-state index contributed by atoms with van der Waals surface area (Å²) >= 11 is 0. The highest BCUT2D eigenvalue weighted by atomic mass is 16.3. The average Bonchev–Trinajstić information content (AvgIpc) is 3.53. The maximum absolute atomic E-state index is 6.23. The van der Waals surface area contributed by atoms with E-state index in [1.807, 2.05) is 48.7 Å². The molecule has 8 rings (SSSR count). The van der Waals surface area contributed by atoms with Crippen molar-refractivity contribution < 1.29 is 8.83 Å². The van der Waals surface area contributed by atoms with Gasteiger partial charge in [-0.25, -0.2) is 0 Å². The number of hydrogen-bond acceptors (Lipinski definition) is 3. The van der Waals surface area contributed by atoms with Gasteiger partial charge in [0.15, 0.2) is 0 Å².